The largest absolute Gasteiger partial charge is 0.478 e. The zero-order valence-corrected chi connectivity index (χ0v) is 9.00. The zero-order chi connectivity index (χ0) is 11.6. The second-order valence-electron chi connectivity index (χ2n) is 3.59. The standard InChI is InChI=1S/C10H14N2O3/c1-4-6-7(9(13)14)8(5(2)3)12-10(15)11-6/h5H,4H2,1-3H3,(H,13,14)(H,11,12,15). The van der Waals surface area contributed by atoms with Gasteiger partial charge in [0.2, 0.25) is 0 Å². The summed E-state index contributed by atoms with van der Waals surface area (Å²) in [4.78, 5) is 28.4. The van der Waals surface area contributed by atoms with Gasteiger partial charge in [-0.25, -0.2) is 9.59 Å². The van der Waals surface area contributed by atoms with Crippen LogP contribution in [0.15, 0.2) is 4.79 Å². The number of carbonyl (C=O) groups is 1. The first-order chi connectivity index (χ1) is 6.97. The van der Waals surface area contributed by atoms with Crippen molar-refractivity contribution in [3.63, 3.8) is 0 Å². The van der Waals surface area contributed by atoms with E-state index in [1.807, 2.05) is 13.8 Å². The predicted molar refractivity (Wildman–Crippen MR) is 55.3 cm³/mol. The number of carboxylic acid groups (broad SMARTS) is 1. The fourth-order valence-electron chi connectivity index (χ4n) is 1.46. The van der Waals surface area contributed by atoms with Crippen molar-refractivity contribution in [1.29, 1.82) is 0 Å². The Morgan fingerprint density at radius 2 is 2.13 bits per heavy atom. The summed E-state index contributed by atoms with van der Waals surface area (Å²) < 4.78 is 0. The number of aromatic carboxylic acids is 1. The Kier molecular flexibility index (Phi) is 3.24. The van der Waals surface area contributed by atoms with Crippen molar-refractivity contribution >= 4 is 5.97 Å². The number of rotatable bonds is 3. The summed E-state index contributed by atoms with van der Waals surface area (Å²) in [6.07, 6.45) is 0.471. The van der Waals surface area contributed by atoms with E-state index in [2.05, 4.69) is 9.97 Å². The lowest BCUT2D eigenvalue weighted by Crippen LogP contribution is -2.22. The van der Waals surface area contributed by atoms with Crippen LogP contribution in [0.5, 0.6) is 0 Å². The average Bonchev–Trinajstić information content (AvgIpc) is 2.15. The Hall–Kier alpha value is -1.65. The first kappa shape index (κ1) is 11.4. The van der Waals surface area contributed by atoms with Crippen LogP contribution in [-0.4, -0.2) is 21.0 Å². The molecule has 0 unspecified atom stereocenters. The quantitative estimate of drug-likeness (QED) is 0.784. The van der Waals surface area contributed by atoms with Gasteiger partial charge in [0.25, 0.3) is 0 Å². The third-order valence-electron chi connectivity index (χ3n) is 2.15. The van der Waals surface area contributed by atoms with E-state index in [-0.39, 0.29) is 11.5 Å². The normalized spacial score (nSPS) is 10.7. The van der Waals surface area contributed by atoms with Gasteiger partial charge in [-0.3, -0.25) is 0 Å². The lowest BCUT2D eigenvalue weighted by Gasteiger charge is -2.10. The molecule has 15 heavy (non-hydrogen) atoms. The lowest BCUT2D eigenvalue weighted by atomic mass is 10.0. The number of H-pyrrole nitrogens is 1. The second kappa shape index (κ2) is 4.25. The molecule has 1 aromatic heterocycles. The van der Waals surface area contributed by atoms with Gasteiger partial charge in [0.1, 0.15) is 5.56 Å². The number of aromatic amines is 1. The van der Waals surface area contributed by atoms with Crippen LogP contribution < -0.4 is 5.69 Å². The van der Waals surface area contributed by atoms with Gasteiger partial charge < -0.3 is 10.1 Å². The van der Waals surface area contributed by atoms with Crippen LogP contribution in [0.25, 0.3) is 0 Å². The van der Waals surface area contributed by atoms with E-state index in [0.717, 1.165) is 0 Å². The molecular formula is C10H14N2O3. The number of aryl methyl sites for hydroxylation is 1. The summed E-state index contributed by atoms with van der Waals surface area (Å²) >= 11 is 0. The number of carboxylic acids is 1. The summed E-state index contributed by atoms with van der Waals surface area (Å²) in [6.45, 7) is 5.42. The Labute approximate surface area is 87.2 Å². The molecule has 1 rings (SSSR count). The summed E-state index contributed by atoms with van der Waals surface area (Å²) in [6, 6.07) is 0. The minimum atomic E-state index is -1.04. The summed E-state index contributed by atoms with van der Waals surface area (Å²) in [7, 11) is 0. The maximum absolute atomic E-state index is 11.2. The number of aromatic nitrogens is 2. The molecule has 5 heteroatoms. The maximum atomic E-state index is 11.2. The Balaban J connectivity index is 3.54. The molecule has 0 atom stereocenters. The van der Waals surface area contributed by atoms with Crippen LogP contribution >= 0.6 is 0 Å². The van der Waals surface area contributed by atoms with Crippen molar-refractivity contribution in [2.75, 3.05) is 0 Å². The van der Waals surface area contributed by atoms with Crippen LogP contribution in [0.2, 0.25) is 0 Å². The van der Waals surface area contributed by atoms with E-state index in [0.29, 0.717) is 17.8 Å². The molecule has 0 radical (unpaired) electrons. The lowest BCUT2D eigenvalue weighted by molar-refractivity contribution is 0.0692. The van der Waals surface area contributed by atoms with E-state index < -0.39 is 11.7 Å². The fourth-order valence-corrected chi connectivity index (χ4v) is 1.46. The molecule has 82 valence electrons. The van der Waals surface area contributed by atoms with Crippen LogP contribution in [-0.2, 0) is 6.42 Å². The number of hydrogen-bond acceptors (Lipinski definition) is 3. The predicted octanol–water partition coefficient (Wildman–Crippen LogP) is 1.15. The van der Waals surface area contributed by atoms with Gasteiger partial charge in [0, 0.05) is 5.69 Å². The summed E-state index contributed by atoms with van der Waals surface area (Å²) in [5, 5.41) is 9.06. The molecule has 0 amide bonds. The van der Waals surface area contributed by atoms with Crippen molar-refractivity contribution in [2.24, 2.45) is 0 Å². The minimum absolute atomic E-state index is 0.0799. The van der Waals surface area contributed by atoms with Gasteiger partial charge in [0.05, 0.1) is 5.69 Å². The number of hydrogen-bond donors (Lipinski definition) is 2. The minimum Gasteiger partial charge on any atom is -0.478 e. The van der Waals surface area contributed by atoms with Gasteiger partial charge in [-0.2, -0.15) is 4.98 Å². The first-order valence-corrected chi connectivity index (χ1v) is 4.83. The molecule has 0 aliphatic heterocycles. The van der Waals surface area contributed by atoms with Crippen molar-refractivity contribution in [3.05, 3.63) is 27.4 Å². The molecule has 1 heterocycles. The molecule has 0 spiro atoms. The van der Waals surface area contributed by atoms with Gasteiger partial charge in [0.15, 0.2) is 0 Å². The molecule has 2 N–H and O–H groups in total. The van der Waals surface area contributed by atoms with Crippen LogP contribution in [0.4, 0.5) is 0 Å². The number of nitrogens with one attached hydrogen (secondary N) is 1. The van der Waals surface area contributed by atoms with E-state index in [1.54, 1.807) is 6.92 Å². The van der Waals surface area contributed by atoms with E-state index >= 15 is 0 Å². The molecule has 0 aromatic carbocycles. The van der Waals surface area contributed by atoms with Crippen LogP contribution in [0, 0.1) is 0 Å². The highest BCUT2D eigenvalue weighted by Crippen LogP contribution is 2.18. The van der Waals surface area contributed by atoms with Crippen LogP contribution in [0.1, 0.15) is 48.4 Å². The van der Waals surface area contributed by atoms with Crippen molar-refractivity contribution < 1.29 is 9.90 Å². The highest BCUT2D eigenvalue weighted by Gasteiger charge is 2.19. The van der Waals surface area contributed by atoms with E-state index in [4.69, 9.17) is 5.11 Å². The monoisotopic (exact) mass is 210 g/mol. The Bertz CT molecular complexity index is 435. The summed E-state index contributed by atoms with van der Waals surface area (Å²) in [5.41, 5.74) is 0.432. The van der Waals surface area contributed by atoms with E-state index in [9.17, 15) is 9.59 Å². The molecule has 0 aliphatic carbocycles. The highest BCUT2D eigenvalue weighted by atomic mass is 16.4. The molecule has 5 nitrogen and oxygen atoms in total. The molecule has 0 aliphatic rings. The Morgan fingerprint density at radius 3 is 2.53 bits per heavy atom. The smallest absolute Gasteiger partial charge is 0.345 e. The van der Waals surface area contributed by atoms with Gasteiger partial charge >= 0.3 is 11.7 Å². The molecule has 0 saturated carbocycles. The third kappa shape index (κ3) is 2.23. The third-order valence-corrected chi connectivity index (χ3v) is 2.15. The van der Waals surface area contributed by atoms with Gasteiger partial charge in [-0.05, 0) is 12.3 Å². The molecule has 0 fully saturated rings. The van der Waals surface area contributed by atoms with Gasteiger partial charge in [-0.15, -0.1) is 0 Å². The zero-order valence-electron chi connectivity index (χ0n) is 9.00. The van der Waals surface area contributed by atoms with E-state index in [1.165, 1.54) is 0 Å². The van der Waals surface area contributed by atoms with Gasteiger partial charge in [-0.1, -0.05) is 20.8 Å². The van der Waals surface area contributed by atoms with Crippen molar-refractivity contribution in [1.82, 2.24) is 9.97 Å². The molecule has 0 bridgehead atoms. The second-order valence-corrected chi connectivity index (χ2v) is 3.59. The molecule has 1 aromatic rings. The fraction of sp³-hybridized carbons (Fsp3) is 0.500. The average molecular weight is 210 g/mol. The topological polar surface area (TPSA) is 83.0 Å². The SMILES string of the molecule is CCc1[nH]c(=O)nc(C(C)C)c1C(=O)O. The van der Waals surface area contributed by atoms with Crippen LogP contribution in [0.3, 0.4) is 0 Å². The Morgan fingerprint density at radius 1 is 1.53 bits per heavy atom. The van der Waals surface area contributed by atoms with Crippen molar-refractivity contribution in [3.8, 4) is 0 Å². The van der Waals surface area contributed by atoms with Crippen molar-refractivity contribution in [2.45, 2.75) is 33.1 Å². The first-order valence-electron chi connectivity index (χ1n) is 4.83. The highest BCUT2D eigenvalue weighted by molar-refractivity contribution is 5.90. The maximum Gasteiger partial charge on any atom is 0.345 e. The molecular weight excluding hydrogens is 196 g/mol. The molecule has 0 saturated heterocycles. The number of nitrogens with zero attached hydrogens (tertiary/aromatic N) is 1. The summed E-state index contributed by atoms with van der Waals surface area (Å²) in [5.74, 6) is -1.12.